The summed E-state index contributed by atoms with van der Waals surface area (Å²) in [6, 6.07) is 17.7. The van der Waals surface area contributed by atoms with Gasteiger partial charge in [-0.05, 0) is 36.4 Å². The summed E-state index contributed by atoms with van der Waals surface area (Å²) in [5.74, 6) is -1.74. The van der Waals surface area contributed by atoms with Crippen molar-refractivity contribution in [1.82, 2.24) is 0 Å². The maximum atomic E-state index is 13.2. The molecule has 0 spiro atoms. The van der Waals surface area contributed by atoms with E-state index in [0.717, 1.165) is 0 Å². The molecule has 3 aromatic carbocycles. The number of esters is 1. The lowest BCUT2D eigenvalue weighted by Gasteiger charge is -2.19. The van der Waals surface area contributed by atoms with Gasteiger partial charge >= 0.3 is 5.97 Å². The zero-order valence-electron chi connectivity index (χ0n) is 18.5. The summed E-state index contributed by atoms with van der Waals surface area (Å²) in [6.45, 7) is 0.686. The number of hydrogen-bond donors (Lipinski definition) is 1. The third-order valence-corrected chi connectivity index (χ3v) is 6.86. The van der Waals surface area contributed by atoms with E-state index in [4.69, 9.17) is 14.2 Å². The van der Waals surface area contributed by atoms with Gasteiger partial charge in [0.25, 0.3) is 5.91 Å². The van der Waals surface area contributed by atoms with Crippen molar-refractivity contribution in [2.24, 2.45) is 0 Å². The molecule has 0 saturated heterocycles. The Morgan fingerprint density at radius 1 is 0.943 bits per heavy atom. The van der Waals surface area contributed by atoms with Crippen LogP contribution in [-0.2, 0) is 24.2 Å². The Hall–Kier alpha value is -3.92. The van der Waals surface area contributed by atoms with Crippen LogP contribution in [0.4, 0.5) is 10.1 Å². The van der Waals surface area contributed by atoms with Crippen LogP contribution in [0.25, 0.3) is 0 Å². The number of benzene rings is 3. The molecule has 1 aliphatic rings. The normalized spacial score (nSPS) is 13.5. The van der Waals surface area contributed by atoms with Crippen LogP contribution in [0.1, 0.15) is 18.1 Å². The summed E-state index contributed by atoms with van der Waals surface area (Å²) >= 11 is 0. The average molecular weight is 500 g/mol. The summed E-state index contributed by atoms with van der Waals surface area (Å²) in [7, 11) is -3.83. The van der Waals surface area contributed by atoms with Gasteiger partial charge in [0.1, 0.15) is 19.0 Å². The number of amides is 1. The van der Waals surface area contributed by atoms with Gasteiger partial charge in [-0.2, -0.15) is 0 Å². The van der Waals surface area contributed by atoms with Gasteiger partial charge in [-0.1, -0.05) is 30.3 Å². The summed E-state index contributed by atoms with van der Waals surface area (Å²) in [6.07, 6.45) is -1.80. The minimum atomic E-state index is -3.83. The number of rotatable bonds is 8. The minimum absolute atomic E-state index is 0.0109. The molecule has 182 valence electrons. The van der Waals surface area contributed by atoms with E-state index in [0.29, 0.717) is 36.0 Å². The highest BCUT2D eigenvalue weighted by atomic mass is 32.2. The number of nitrogens with one attached hydrogen (secondary N) is 1. The Morgan fingerprint density at radius 2 is 1.63 bits per heavy atom. The molecule has 0 radical (unpaired) electrons. The van der Waals surface area contributed by atoms with Crippen molar-refractivity contribution >= 4 is 27.4 Å². The molecule has 10 heteroatoms. The molecule has 0 aliphatic carbocycles. The summed E-state index contributed by atoms with van der Waals surface area (Å²) in [5, 5.41) is 2.57. The van der Waals surface area contributed by atoms with Crippen LogP contribution in [0.3, 0.4) is 0 Å². The predicted molar refractivity (Wildman–Crippen MR) is 124 cm³/mol. The number of halogens is 1. The van der Waals surface area contributed by atoms with Crippen molar-refractivity contribution in [3.8, 4) is 11.5 Å². The Bertz CT molecular complexity index is 1310. The summed E-state index contributed by atoms with van der Waals surface area (Å²) in [4.78, 5) is 25.4. The van der Waals surface area contributed by atoms with E-state index < -0.39 is 45.8 Å². The van der Waals surface area contributed by atoms with Crippen molar-refractivity contribution in [1.29, 1.82) is 0 Å². The Labute approximate surface area is 201 Å². The van der Waals surface area contributed by atoms with E-state index in [1.54, 1.807) is 30.3 Å². The summed E-state index contributed by atoms with van der Waals surface area (Å²) in [5.41, 5.74) is 0.713. The lowest BCUT2D eigenvalue weighted by atomic mass is 10.1. The third-order valence-electron chi connectivity index (χ3n) is 5.15. The van der Waals surface area contributed by atoms with Crippen molar-refractivity contribution < 1.29 is 36.6 Å². The van der Waals surface area contributed by atoms with Crippen LogP contribution in [0.15, 0.2) is 77.7 Å². The molecule has 0 aromatic heterocycles. The van der Waals surface area contributed by atoms with Gasteiger partial charge in [-0.3, -0.25) is 9.59 Å². The van der Waals surface area contributed by atoms with Crippen LogP contribution < -0.4 is 14.8 Å². The fourth-order valence-electron chi connectivity index (χ4n) is 3.38. The number of carbonyl (C=O) groups excluding carboxylic acids is 2. The Morgan fingerprint density at radius 3 is 2.34 bits per heavy atom. The number of sulfone groups is 1. The molecule has 0 unspecified atom stereocenters. The number of ether oxygens (including phenoxy) is 3. The second-order valence-electron chi connectivity index (χ2n) is 7.65. The maximum Gasteiger partial charge on any atom is 0.307 e. The number of anilines is 1. The molecule has 3 aromatic rings. The fourth-order valence-corrected chi connectivity index (χ4v) is 4.62. The van der Waals surface area contributed by atoms with Gasteiger partial charge in [0, 0.05) is 17.3 Å². The highest BCUT2D eigenvalue weighted by molar-refractivity contribution is 7.91. The molecule has 4 rings (SSSR count). The van der Waals surface area contributed by atoms with Crippen molar-refractivity contribution in [3.63, 3.8) is 0 Å². The molecule has 35 heavy (non-hydrogen) atoms. The van der Waals surface area contributed by atoms with E-state index in [9.17, 15) is 22.4 Å². The molecule has 1 atom stereocenters. The lowest BCUT2D eigenvalue weighted by molar-refractivity contribution is -0.154. The first-order chi connectivity index (χ1) is 16.8. The van der Waals surface area contributed by atoms with Gasteiger partial charge in [-0.25, -0.2) is 12.8 Å². The first-order valence-electron chi connectivity index (χ1n) is 10.7. The second kappa shape index (κ2) is 10.6. The van der Waals surface area contributed by atoms with E-state index >= 15 is 0 Å². The average Bonchev–Trinajstić information content (AvgIpc) is 2.87. The molecule has 0 fully saturated rings. The van der Waals surface area contributed by atoms with E-state index in [-0.39, 0.29) is 4.90 Å². The molecule has 8 nitrogen and oxygen atoms in total. The molecule has 0 bridgehead atoms. The molecule has 1 N–H and O–H groups in total. The largest absolute Gasteiger partial charge is 0.486 e. The minimum Gasteiger partial charge on any atom is -0.486 e. The smallest absolute Gasteiger partial charge is 0.307 e. The highest BCUT2D eigenvalue weighted by Crippen LogP contribution is 2.32. The predicted octanol–water partition coefficient (Wildman–Crippen LogP) is 3.68. The monoisotopic (exact) mass is 499 g/mol. The van der Waals surface area contributed by atoms with Crippen molar-refractivity contribution in [2.45, 2.75) is 17.4 Å². The van der Waals surface area contributed by atoms with Crippen LogP contribution in [-0.4, -0.2) is 39.3 Å². The molecule has 0 saturated carbocycles. The van der Waals surface area contributed by atoms with Crippen LogP contribution in [0.5, 0.6) is 11.5 Å². The zero-order valence-corrected chi connectivity index (χ0v) is 19.3. The summed E-state index contributed by atoms with van der Waals surface area (Å²) < 4.78 is 54.9. The van der Waals surface area contributed by atoms with Crippen LogP contribution >= 0.6 is 0 Å². The zero-order chi connectivity index (χ0) is 24.8. The van der Waals surface area contributed by atoms with Crippen LogP contribution in [0, 0.1) is 5.82 Å². The number of hydrogen-bond acceptors (Lipinski definition) is 7. The lowest BCUT2D eigenvalue weighted by Crippen LogP contribution is -2.26. The number of carbonyl (C=O) groups is 2. The molecule has 1 heterocycles. The van der Waals surface area contributed by atoms with Gasteiger partial charge in [-0.15, -0.1) is 0 Å². The van der Waals surface area contributed by atoms with Gasteiger partial charge in [0.05, 0.1) is 17.1 Å². The fraction of sp³-hybridized carbons (Fsp3) is 0.200. The molecule has 1 aliphatic heterocycles. The van der Waals surface area contributed by atoms with E-state index in [1.807, 2.05) is 0 Å². The van der Waals surface area contributed by atoms with Gasteiger partial charge < -0.3 is 19.5 Å². The van der Waals surface area contributed by atoms with E-state index in [1.165, 1.54) is 42.5 Å². The standard InChI is InChI=1S/C25H22FNO7S/c26-18-6-8-19(9-7-18)27-25(29)24(17-4-2-1-3-5-17)34-23(28)12-15-35(30,31)20-10-11-21-22(16-20)33-14-13-32-21/h1-11,16,24H,12-15H2,(H,27,29)/t24-/m1/s1. The molecular formula is C25H22FNO7S. The third kappa shape index (κ3) is 6.15. The van der Waals surface area contributed by atoms with E-state index in [2.05, 4.69) is 5.32 Å². The number of fused-ring (bicyclic) bond motifs is 1. The van der Waals surface area contributed by atoms with Crippen molar-refractivity contribution in [3.05, 3.63) is 84.2 Å². The first kappa shape index (κ1) is 24.2. The Balaban J connectivity index is 1.44. The SMILES string of the molecule is O=C(CCS(=O)(=O)c1ccc2c(c1)OCCO2)O[C@@H](C(=O)Nc1ccc(F)cc1)c1ccccc1. The molecular weight excluding hydrogens is 477 g/mol. The topological polar surface area (TPSA) is 108 Å². The van der Waals surface area contributed by atoms with Gasteiger partial charge in [0.15, 0.2) is 21.3 Å². The quantitative estimate of drug-likeness (QED) is 0.471. The second-order valence-corrected chi connectivity index (χ2v) is 9.76. The van der Waals surface area contributed by atoms with Crippen LogP contribution in [0.2, 0.25) is 0 Å². The molecule has 1 amide bonds. The Kier molecular flexibility index (Phi) is 7.31. The first-order valence-corrected chi connectivity index (χ1v) is 12.4. The van der Waals surface area contributed by atoms with Gasteiger partial charge in [0.2, 0.25) is 6.10 Å². The van der Waals surface area contributed by atoms with Crippen molar-refractivity contribution in [2.75, 3.05) is 24.3 Å². The highest BCUT2D eigenvalue weighted by Gasteiger charge is 2.27. The maximum absolute atomic E-state index is 13.2.